The molecule has 2 aromatic carbocycles. The van der Waals surface area contributed by atoms with E-state index in [0.29, 0.717) is 41.7 Å². The number of hydrogen-bond acceptors (Lipinski definition) is 6. The molecule has 2 amide bonds. The van der Waals surface area contributed by atoms with Crippen LogP contribution in [0.5, 0.6) is 0 Å². The maximum Gasteiger partial charge on any atom is 0.227 e. The number of nitriles is 1. The first kappa shape index (κ1) is 27.9. The zero-order chi connectivity index (χ0) is 27.9. The Bertz CT molecular complexity index is 1350. The summed E-state index contributed by atoms with van der Waals surface area (Å²) in [5, 5.41) is 12.4. The molecular formula is C31H36N6O2. The highest BCUT2D eigenvalue weighted by Crippen LogP contribution is 2.24. The van der Waals surface area contributed by atoms with Crippen molar-refractivity contribution in [3.8, 4) is 17.3 Å². The summed E-state index contributed by atoms with van der Waals surface area (Å²) in [5.74, 6) is 0.521. The lowest BCUT2D eigenvalue weighted by Crippen LogP contribution is -2.51. The van der Waals surface area contributed by atoms with E-state index in [-0.39, 0.29) is 17.7 Å². The number of benzene rings is 2. The molecule has 0 radical (unpaired) electrons. The van der Waals surface area contributed by atoms with Crippen molar-refractivity contribution >= 4 is 17.5 Å². The quantitative estimate of drug-likeness (QED) is 0.472. The minimum absolute atomic E-state index is 0.136. The van der Waals surface area contributed by atoms with Gasteiger partial charge in [-0.25, -0.2) is 9.97 Å². The lowest BCUT2D eigenvalue weighted by Gasteiger charge is -2.37. The van der Waals surface area contributed by atoms with Gasteiger partial charge >= 0.3 is 0 Å². The van der Waals surface area contributed by atoms with Crippen molar-refractivity contribution in [2.75, 3.05) is 31.5 Å². The molecule has 0 unspecified atom stereocenters. The van der Waals surface area contributed by atoms with E-state index in [9.17, 15) is 14.9 Å². The number of nitrogens with zero attached hydrogens (tertiary/aromatic N) is 5. The molecule has 1 fully saturated rings. The predicted molar refractivity (Wildman–Crippen MR) is 152 cm³/mol. The summed E-state index contributed by atoms with van der Waals surface area (Å²) in [4.78, 5) is 38.4. The second-order valence-electron chi connectivity index (χ2n) is 10.6. The van der Waals surface area contributed by atoms with Crippen LogP contribution >= 0.6 is 0 Å². The average Bonchev–Trinajstić information content (AvgIpc) is 2.94. The second kappa shape index (κ2) is 12.6. The zero-order valence-corrected chi connectivity index (χ0v) is 23.1. The molecule has 4 rings (SSSR count). The van der Waals surface area contributed by atoms with Gasteiger partial charge in [0.05, 0.1) is 23.4 Å². The Morgan fingerprint density at radius 1 is 0.974 bits per heavy atom. The fourth-order valence-corrected chi connectivity index (χ4v) is 4.56. The van der Waals surface area contributed by atoms with Crippen molar-refractivity contribution in [3.63, 3.8) is 0 Å². The fraction of sp³-hybridized carbons (Fsp3) is 0.387. The molecule has 3 aromatic rings. The largest absolute Gasteiger partial charge is 0.340 e. The molecule has 2 heterocycles. The molecule has 0 spiro atoms. The Kier molecular flexibility index (Phi) is 9.05. The van der Waals surface area contributed by atoms with E-state index in [1.54, 1.807) is 32.2 Å². The first-order chi connectivity index (χ1) is 18.7. The van der Waals surface area contributed by atoms with Crippen molar-refractivity contribution in [3.05, 3.63) is 77.2 Å². The number of aromatic nitrogens is 2. The van der Waals surface area contributed by atoms with E-state index < -0.39 is 0 Å². The standard InChI is InChI=1S/C31H36N6O2/c1-21(2)31(39)35-27-10-9-25(19-26(27)20-32)28-11-12-33-29(34-28)17-23-5-7-24(8-6-23)18-30(38)37-15-13-36(14-16-37)22(3)4/h5-12,19,21-22H,13-18H2,1-4H3,(H,35,39). The van der Waals surface area contributed by atoms with Crippen molar-refractivity contribution in [1.29, 1.82) is 5.26 Å². The Balaban J connectivity index is 1.39. The van der Waals surface area contributed by atoms with Gasteiger partial charge in [0.2, 0.25) is 11.8 Å². The van der Waals surface area contributed by atoms with Gasteiger partial charge in [-0.2, -0.15) is 5.26 Å². The second-order valence-corrected chi connectivity index (χ2v) is 10.6. The predicted octanol–water partition coefficient (Wildman–Crippen LogP) is 4.30. The van der Waals surface area contributed by atoms with Crippen LogP contribution in [-0.2, 0) is 22.4 Å². The fourth-order valence-electron chi connectivity index (χ4n) is 4.56. The normalized spacial score (nSPS) is 13.9. The van der Waals surface area contributed by atoms with Gasteiger partial charge in [0, 0.05) is 56.3 Å². The van der Waals surface area contributed by atoms with Gasteiger partial charge in [-0.1, -0.05) is 44.2 Å². The summed E-state index contributed by atoms with van der Waals surface area (Å²) in [6, 6.07) is 17.9. The molecule has 39 heavy (non-hydrogen) atoms. The van der Waals surface area contributed by atoms with Crippen molar-refractivity contribution < 1.29 is 9.59 Å². The Morgan fingerprint density at radius 3 is 2.31 bits per heavy atom. The lowest BCUT2D eigenvalue weighted by atomic mass is 10.0. The third-order valence-corrected chi connectivity index (χ3v) is 7.06. The first-order valence-corrected chi connectivity index (χ1v) is 13.5. The molecule has 8 nitrogen and oxygen atoms in total. The van der Waals surface area contributed by atoms with Gasteiger partial charge in [-0.05, 0) is 43.2 Å². The molecule has 0 bridgehead atoms. The molecule has 0 saturated carbocycles. The van der Waals surface area contributed by atoms with E-state index in [2.05, 4.69) is 35.1 Å². The smallest absolute Gasteiger partial charge is 0.227 e. The Labute approximate surface area is 230 Å². The summed E-state index contributed by atoms with van der Waals surface area (Å²) in [5.41, 5.74) is 4.41. The highest BCUT2D eigenvalue weighted by molar-refractivity contribution is 5.93. The highest BCUT2D eigenvalue weighted by Gasteiger charge is 2.22. The molecule has 1 aromatic heterocycles. The molecule has 1 saturated heterocycles. The van der Waals surface area contributed by atoms with Crippen LogP contribution in [0.15, 0.2) is 54.7 Å². The maximum atomic E-state index is 12.8. The molecule has 1 aliphatic heterocycles. The summed E-state index contributed by atoms with van der Waals surface area (Å²) in [7, 11) is 0. The van der Waals surface area contributed by atoms with Crippen LogP contribution in [0.4, 0.5) is 5.69 Å². The van der Waals surface area contributed by atoms with E-state index >= 15 is 0 Å². The number of hydrogen-bond donors (Lipinski definition) is 1. The van der Waals surface area contributed by atoms with Crippen molar-refractivity contribution in [2.24, 2.45) is 5.92 Å². The molecule has 1 aliphatic rings. The third-order valence-electron chi connectivity index (χ3n) is 7.06. The highest BCUT2D eigenvalue weighted by atomic mass is 16.2. The summed E-state index contributed by atoms with van der Waals surface area (Å²) in [6.45, 7) is 11.4. The van der Waals surface area contributed by atoms with Crippen LogP contribution in [0.3, 0.4) is 0 Å². The first-order valence-electron chi connectivity index (χ1n) is 13.5. The topological polar surface area (TPSA) is 102 Å². The van der Waals surface area contributed by atoms with E-state index in [1.165, 1.54) is 0 Å². The molecule has 202 valence electrons. The van der Waals surface area contributed by atoms with Gasteiger partial charge in [-0.3, -0.25) is 14.5 Å². The van der Waals surface area contributed by atoms with Crippen molar-refractivity contribution in [1.82, 2.24) is 19.8 Å². The monoisotopic (exact) mass is 524 g/mol. The van der Waals surface area contributed by atoms with Gasteiger partial charge in [-0.15, -0.1) is 0 Å². The Hall–Kier alpha value is -4.09. The summed E-state index contributed by atoms with van der Waals surface area (Å²) >= 11 is 0. The maximum absolute atomic E-state index is 12.8. The third kappa shape index (κ3) is 7.27. The van der Waals surface area contributed by atoms with E-state index in [1.807, 2.05) is 41.3 Å². The number of rotatable bonds is 8. The summed E-state index contributed by atoms with van der Waals surface area (Å²) in [6.07, 6.45) is 2.67. The zero-order valence-electron chi connectivity index (χ0n) is 23.1. The van der Waals surface area contributed by atoms with Gasteiger partial charge < -0.3 is 10.2 Å². The van der Waals surface area contributed by atoms with Crippen LogP contribution in [0.2, 0.25) is 0 Å². The number of anilines is 1. The average molecular weight is 525 g/mol. The molecule has 0 atom stereocenters. The summed E-state index contributed by atoms with van der Waals surface area (Å²) < 4.78 is 0. The van der Waals surface area contributed by atoms with Gasteiger partial charge in [0.25, 0.3) is 0 Å². The van der Waals surface area contributed by atoms with E-state index in [0.717, 1.165) is 42.9 Å². The molecular weight excluding hydrogens is 488 g/mol. The van der Waals surface area contributed by atoms with E-state index in [4.69, 9.17) is 4.98 Å². The van der Waals surface area contributed by atoms with Crippen LogP contribution in [0.1, 0.15) is 50.2 Å². The van der Waals surface area contributed by atoms with Crippen LogP contribution < -0.4 is 5.32 Å². The number of carbonyl (C=O) groups excluding carboxylic acids is 2. The number of amides is 2. The number of carbonyl (C=O) groups is 2. The minimum Gasteiger partial charge on any atom is -0.340 e. The number of piperazine rings is 1. The number of nitrogens with one attached hydrogen (secondary N) is 1. The van der Waals surface area contributed by atoms with Gasteiger partial charge in [0.15, 0.2) is 0 Å². The minimum atomic E-state index is -0.180. The SMILES string of the molecule is CC(C)C(=O)Nc1ccc(-c2ccnc(Cc3ccc(CC(=O)N4CCN(C(C)C)CC4)cc3)n2)cc1C#N. The molecule has 0 aliphatic carbocycles. The van der Waals surface area contributed by atoms with Crippen LogP contribution in [-0.4, -0.2) is 63.8 Å². The van der Waals surface area contributed by atoms with Crippen LogP contribution in [0, 0.1) is 17.2 Å². The van der Waals surface area contributed by atoms with Gasteiger partial charge in [0.1, 0.15) is 11.9 Å². The lowest BCUT2D eigenvalue weighted by molar-refractivity contribution is -0.132. The van der Waals surface area contributed by atoms with Crippen molar-refractivity contribution in [2.45, 2.75) is 46.6 Å². The molecule has 8 heteroatoms. The molecule has 1 N–H and O–H groups in total. The van der Waals surface area contributed by atoms with Crippen LogP contribution in [0.25, 0.3) is 11.3 Å². The Morgan fingerprint density at radius 2 is 1.67 bits per heavy atom.